The molecule has 6 heteroatoms. The molecule has 2 heterocycles. The van der Waals surface area contributed by atoms with Crippen molar-refractivity contribution >= 4 is 35.0 Å². The van der Waals surface area contributed by atoms with E-state index >= 15 is 0 Å². The van der Waals surface area contributed by atoms with Gasteiger partial charge >= 0.3 is 0 Å². The molecule has 2 amide bonds. The van der Waals surface area contributed by atoms with Crippen molar-refractivity contribution in [2.45, 2.75) is 26.3 Å². The van der Waals surface area contributed by atoms with E-state index in [1.54, 1.807) is 24.3 Å². The third-order valence-corrected chi connectivity index (χ3v) is 6.57. The van der Waals surface area contributed by atoms with Crippen LogP contribution in [0.5, 0.6) is 0 Å². The van der Waals surface area contributed by atoms with Crippen LogP contribution in [0.15, 0.2) is 42.5 Å². The summed E-state index contributed by atoms with van der Waals surface area (Å²) >= 11 is 2.02. The van der Waals surface area contributed by atoms with Crippen LogP contribution in [0.3, 0.4) is 0 Å². The monoisotopic (exact) mass is 409 g/mol. The number of anilines is 2. The van der Waals surface area contributed by atoms with Crippen molar-refractivity contribution in [1.82, 2.24) is 4.90 Å². The fraction of sp³-hybridized carbons (Fsp3) is 0.391. The van der Waals surface area contributed by atoms with E-state index in [2.05, 4.69) is 42.3 Å². The maximum atomic E-state index is 12.5. The smallest absolute Gasteiger partial charge is 0.261 e. The minimum atomic E-state index is -0.183. The zero-order valence-corrected chi connectivity index (χ0v) is 17.8. The molecule has 1 fully saturated rings. The van der Waals surface area contributed by atoms with E-state index < -0.39 is 0 Å². The van der Waals surface area contributed by atoms with Crippen LogP contribution >= 0.6 is 11.8 Å². The van der Waals surface area contributed by atoms with Gasteiger partial charge in [-0.15, -0.1) is 0 Å². The molecular weight excluding hydrogens is 382 g/mol. The molecule has 2 aromatic carbocycles. The Morgan fingerprint density at radius 1 is 1.03 bits per heavy atom. The predicted octanol–water partition coefficient (Wildman–Crippen LogP) is 4.03. The van der Waals surface area contributed by atoms with E-state index in [1.807, 2.05) is 11.8 Å². The van der Waals surface area contributed by atoms with Gasteiger partial charge in [-0.2, -0.15) is 11.8 Å². The summed E-state index contributed by atoms with van der Waals surface area (Å²) in [6.45, 7) is 6.88. The number of nitrogens with one attached hydrogen (secondary N) is 1. The topological polar surface area (TPSA) is 52.7 Å². The highest BCUT2D eigenvalue weighted by Gasteiger charge is 2.34. The van der Waals surface area contributed by atoms with Gasteiger partial charge in [0.25, 0.3) is 11.8 Å². The Balaban J connectivity index is 1.34. The summed E-state index contributed by atoms with van der Waals surface area (Å²) in [6.07, 6.45) is 0.704. The first kappa shape index (κ1) is 19.8. The number of thioether (sulfide) groups is 1. The largest absolute Gasteiger partial charge is 0.383 e. The quantitative estimate of drug-likeness (QED) is 0.730. The molecule has 4 rings (SSSR count). The average Bonchev–Trinajstić information content (AvgIpc) is 2.97. The number of fused-ring (bicyclic) bond motifs is 1. The molecule has 2 aliphatic rings. The van der Waals surface area contributed by atoms with Gasteiger partial charge in [-0.05, 0) is 56.2 Å². The summed E-state index contributed by atoms with van der Waals surface area (Å²) in [5.41, 5.74) is 4.69. The van der Waals surface area contributed by atoms with Crippen molar-refractivity contribution in [1.29, 1.82) is 0 Å². The lowest BCUT2D eigenvalue weighted by atomic mass is 10.1. The third kappa shape index (κ3) is 4.13. The zero-order valence-electron chi connectivity index (χ0n) is 17.0. The first-order valence-electron chi connectivity index (χ1n) is 10.2. The maximum absolute atomic E-state index is 12.5. The van der Waals surface area contributed by atoms with Gasteiger partial charge in [0.2, 0.25) is 0 Å². The summed E-state index contributed by atoms with van der Waals surface area (Å²) in [6, 6.07) is 13.7. The Morgan fingerprint density at radius 2 is 1.69 bits per heavy atom. The summed E-state index contributed by atoms with van der Waals surface area (Å²) in [7, 11) is 0. The van der Waals surface area contributed by atoms with Crippen LogP contribution < -0.4 is 10.2 Å². The molecule has 1 N–H and O–H groups in total. The molecule has 5 nitrogen and oxygen atoms in total. The van der Waals surface area contributed by atoms with E-state index in [4.69, 9.17) is 0 Å². The first-order valence-corrected chi connectivity index (χ1v) is 11.3. The Bertz CT molecular complexity index is 889. The molecule has 0 aromatic heterocycles. The fourth-order valence-corrected chi connectivity index (χ4v) is 4.93. The average molecular weight is 410 g/mol. The molecule has 2 aliphatic heterocycles. The summed E-state index contributed by atoms with van der Waals surface area (Å²) in [5.74, 6) is 2.01. The minimum Gasteiger partial charge on any atom is -0.383 e. The number of imide groups is 1. The number of hydrogen-bond donors (Lipinski definition) is 1. The maximum Gasteiger partial charge on any atom is 0.261 e. The van der Waals surface area contributed by atoms with Crippen LogP contribution in [0.25, 0.3) is 0 Å². The van der Waals surface area contributed by atoms with Gasteiger partial charge in [0.1, 0.15) is 0 Å². The molecule has 0 radical (unpaired) electrons. The molecule has 0 aliphatic carbocycles. The highest BCUT2D eigenvalue weighted by molar-refractivity contribution is 7.99. The van der Waals surface area contributed by atoms with Crippen LogP contribution in [-0.4, -0.2) is 53.9 Å². The van der Waals surface area contributed by atoms with Crippen molar-refractivity contribution in [3.05, 3.63) is 59.2 Å². The summed E-state index contributed by atoms with van der Waals surface area (Å²) < 4.78 is 0. The van der Waals surface area contributed by atoms with Crippen LogP contribution in [0.1, 0.15) is 39.6 Å². The second-order valence-electron chi connectivity index (χ2n) is 7.74. The Morgan fingerprint density at radius 3 is 2.31 bits per heavy atom. The molecule has 1 atom stereocenters. The van der Waals surface area contributed by atoms with Gasteiger partial charge in [0.15, 0.2) is 0 Å². The second kappa shape index (κ2) is 8.49. The predicted molar refractivity (Wildman–Crippen MR) is 120 cm³/mol. The standard InChI is InChI=1S/C23H27N3O2S/c1-16-15-18(7-8-21(16)25-11-13-29-14-12-25)24-17(2)9-10-26-22(27)19-5-3-4-6-20(19)23(26)28/h3-8,15,17,24H,9-14H2,1-2H3/t17-/m0/s1. The Hall–Kier alpha value is -2.47. The Kier molecular flexibility index (Phi) is 5.81. The lowest BCUT2D eigenvalue weighted by Crippen LogP contribution is -2.33. The van der Waals surface area contributed by atoms with Crippen LogP contribution in [0.4, 0.5) is 11.4 Å². The normalized spacial score (nSPS) is 17.4. The number of carbonyl (C=O) groups excluding carboxylic acids is 2. The van der Waals surface area contributed by atoms with Crippen molar-refractivity contribution in [2.24, 2.45) is 0 Å². The zero-order chi connectivity index (χ0) is 20.4. The molecule has 29 heavy (non-hydrogen) atoms. The van der Waals surface area contributed by atoms with Gasteiger partial charge in [0.05, 0.1) is 11.1 Å². The van der Waals surface area contributed by atoms with Crippen molar-refractivity contribution in [3.63, 3.8) is 0 Å². The van der Waals surface area contributed by atoms with Gasteiger partial charge in [-0.3, -0.25) is 14.5 Å². The molecular formula is C23H27N3O2S. The van der Waals surface area contributed by atoms with Gasteiger partial charge in [0, 0.05) is 48.6 Å². The first-order chi connectivity index (χ1) is 14.0. The van der Waals surface area contributed by atoms with Gasteiger partial charge in [-0.1, -0.05) is 12.1 Å². The van der Waals surface area contributed by atoms with Crippen LogP contribution in [-0.2, 0) is 0 Å². The van der Waals surface area contributed by atoms with Crippen LogP contribution in [0.2, 0.25) is 0 Å². The Labute approximate surface area is 176 Å². The highest BCUT2D eigenvalue weighted by Crippen LogP contribution is 2.27. The lowest BCUT2D eigenvalue weighted by Gasteiger charge is -2.30. The fourth-order valence-electron chi connectivity index (χ4n) is 4.03. The SMILES string of the molecule is Cc1cc(N[C@@H](C)CCN2C(=O)c3ccccc3C2=O)ccc1N1CCSCC1. The highest BCUT2D eigenvalue weighted by atomic mass is 32.2. The number of aryl methyl sites for hydroxylation is 1. The molecule has 152 valence electrons. The van der Waals surface area contributed by atoms with E-state index in [0.717, 1.165) is 18.8 Å². The van der Waals surface area contributed by atoms with Gasteiger partial charge < -0.3 is 10.2 Å². The summed E-state index contributed by atoms with van der Waals surface area (Å²) in [4.78, 5) is 28.8. The van der Waals surface area contributed by atoms with Crippen molar-refractivity contribution in [2.75, 3.05) is 41.4 Å². The van der Waals surface area contributed by atoms with E-state index in [0.29, 0.717) is 24.1 Å². The van der Waals surface area contributed by atoms with Crippen LogP contribution in [0, 0.1) is 6.92 Å². The number of amides is 2. The molecule has 1 saturated heterocycles. The van der Waals surface area contributed by atoms with Gasteiger partial charge in [-0.25, -0.2) is 0 Å². The number of rotatable bonds is 6. The van der Waals surface area contributed by atoms with Crippen molar-refractivity contribution < 1.29 is 9.59 Å². The molecule has 0 unspecified atom stereocenters. The van der Waals surface area contributed by atoms with E-state index in [1.165, 1.54) is 27.7 Å². The number of carbonyl (C=O) groups is 2. The minimum absolute atomic E-state index is 0.149. The third-order valence-electron chi connectivity index (χ3n) is 5.63. The summed E-state index contributed by atoms with van der Waals surface area (Å²) in [5, 5.41) is 3.52. The number of nitrogens with zero attached hydrogens (tertiary/aromatic N) is 2. The molecule has 2 aromatic rings. The second-order valence-corrected chi connectivity index (χ2v) is 8.97. The lowest BCUT2D eigenvalue weighted by molar-refractivity contribution is 0.0651. The molecule has 0 saturated carbocycles. The van der Waals surface area contributed by atoms with E-state index in [-0.39, 0.29) is 17.9 Å². The number of hydrogen-bond acceptors (Lipinski definition) is 5. The molecule has 0 spiro atoms. The van der Waals surface area contributed by atoms with E-state index in [9.17, 15) is 9.59 Å². The van der Waals surface area contributed by atoms with Crippen molar-refractivity contribution in [3.8, 4) is 0 Å². The number of benzene rings is 2. The molecule has 0 bridgehead atoms.